The van der Waals surface area contributed by atoms with Gasteiger partial charge in [0.1, 0.15) is 5.82 Å². The van der Waals surface area contributed by atoms with E-state index in [-0.39, 0.29) is 5.82 Å². The summed E-state index contributed by atoms with van der Waals surface area (Å²) in [4.78, 5) is 11.2. The lowest BCUT2D eigenvalue weighted by atomic mass is 10.2. The maximum Gasteiger partial charge on any atom is 0.247 e. The van der Waals surface area contributed by atoms with Crippen molar-refractivity contribution in [1.29, 1.82) is 0 Å². The molecule has 0 bridgehead atoms. The average molecular weight is 358 g/mol. The van der Waals surface area contributed by atoms with Gasteiger partial charge in [0.15, 0.2) is 5.82 Å². The van der Waals surface area contributed by atoms with E-state index in [4.69, 9.17) is 4.98 Å². The van der Waals surface area contributed by atoms with Crippen molar-refractivity contribution in [3.8, 4) is 0 Å². The van der Waals surface area contributed by atoms with Gasteiger partial charge in [-0.2, -0.15) is 10.1 Å². The molecule has 0 radical (unpaired) electrons. The number of piperazine rings is 1. The summed E-state index contributed by atoms with van der Waals surface area (Å²) in [5.41, 5.74) is 0.664. The highest BCUT2D eigenvalue weighted by Gasteiger charge is 2.22. The summed E-state index contributed by atoms with van der Waals surface area (Å²) < 4.78 is 14.0. The summed E-state index contributed by atoms with van der Waals surface area (Å²) in [6.45, 7) is 9.24. The van der Waals surface area contributed by atoms with Crippen LogP contribution >= 0.6 is 0 Å². The fraction of sp³-hybridized carbons (Fsp3) is 0.526. The Morgan fingerprint density at radius 2 is 1.65 bits per heavy atom. The molecule has 1 aliphatic rings. The molecule has 26 heavy (non-hydrogen) atoms. The number of rotatable bonds is 7. The Hall–Kier alpha value is -2.44. The molecule has 1 fully saturated rings. The third-order valence-electron chi connectivity index (χ3n) is 4.60. The zero-order chi connectivity index (χ0) is 18.4. The van der Waals surface area contributed by atoms with Crippen molar-refractivity contribution < 1.29 is 4.39 Å². The molecule has 140 valence electrons. The number of halogens is 1. The van der Waals surface area contributed by atoms with E-state index in [1.165, 1.54) is 6.07 Å². The van der Waals surface area contributed by atoms with E-state index in [1.807, 2.05) is 12.1 Å². The first kappa shape index (κ1) is 18.4. The lowest BCUT2D eigenvalue weighted by molar-refractivity contribution is 0.592. The molecule has 0 N–H and O–H groups in total. The topological polar surface area (TPSA) is 48.4 Å². The van der Waals surface area contributed by atoms with Crippen LogP contribution < -0.4 is 14.7 Å². The molecule has 1 aliphatic heterocycles. The molecule has 0 saturated carbocycles. The van der Waals surface area contributed by atoms with Crippen LogP contribution in [0.25, 0.3) is 0 Å². The molecule has 0 unspecified atom stereocenters. The van der Waals surface area contributed by atoms with Crippen LogP contribution in [0.3, 0.4) is 0 Å². The van der Waals surface area contributed by atoms with Crippen molar-refractivity contribution in [2.24, 2.45) is 0 Å². The highest BCUT2D eigenvalue weighted by Crippen LogP contribution is 2.22. The lowest BCUT2D eigenvalue weighted by Crippen LogP contribution is -2.47. The van der Waals surface area contributed by atoms with Crippen molar-refractivity contribution in [2.75, 3.05) is 54.0 Å². The molecule has 1 saturated heterocycles. The monoisotopic (exact) mass is 358 g/mol. The first-order valence-electron chi connectivity index (χ1n) is 9.42. The second-order valence-electron chi connectivity index (χ2n) is 6.53. The van der Waals surface area contributed by atoms with Crippen molar-refractivity contribution in [3.05, 3.63) is 36.3 Å². The standard InChI is InChI=1S/C19H27FN6/c1-3-9-25(10-4-2)18-15-21-23-19(22-18)26-13-11-24(12-14-26)17-8-6-5-7-16(17)20/h5-8,15H,3-4,9-14H2,1-2H3. The highest BCUT2D eigenvalue weighted by atomic mass is 19.1. The summed E-state index contributed by atoms with van der Waals surface area (Å²) in [6.07, 6.45) is 3.88. The second-order valence-corrected chi connectivity index (χ2v) is 6.53. The number of nitrogens with zero attached hydrogens (tertiary/aromatic N) is 6. The van der Waals surface area contributed by atoms with Crippen LogP contribution in [-0.2, 0) is 0 Å². The van der Waals surface area contributed by atoms with Gasteiger partial charge in [-0.25, -0.2) is 4.39 Å². The summed E-state index contributed by atoms with van der Waals surface area (Å²) in [5, 5.41) is 8.39. The molecule has 3 rings (SSSR count). The normalized spacial score (nSPS) is 14.6. The Kier molecular flexibility index (Phi) is 6.20. The largest absolute Gasteiger partial charge is 0.366 e. The van der Waals surface area contributed by atoms with Crippen molar-refractivity contribution >= 4 is 17.5 Å². The molecular formula is C19H27FN6. The minimum Gasteiger partial charge on any atom is -0.366 e. The quantitative estimate of drug-likeness (QED) is 0.758. The second kappa shape index (κ2) is 8.78. The molecule has 2 heterocycles. The van der Waals surface area contributed by atoms with E-state index in [2.05, 4.69) is 38.7 Å². The van der Waals surface area contributed by atoms with Crippen LogP contribution in [-0.4, -0.2) is 54.4 Å². The minimum absolute atomic E-state index is 0.171. The Labute approximate surface area is 154 Å². The first-order valence-corrected chi connectivity index (χ1v) is 9.42. The van der Waals surface area contributed by atoms with E-state index in [9.17, 15) is 4.39 Å². The lowest BCUT2D eigenvalue weighted by Gasteiger charge is -2.36. The van der Waals surface area contributed by atoms with Gasteiger partial charge in [-0.05, 0) is 25.0 Å². The van der Waals surface area contributed by atoms with Crippen LogP contribution in [0.2, 0.25) is 0 Å². The maximum atomic E-state index is 14.0. The van der Waals surface area contributed by atoms with Crippen LogP contribution in [0, 0.1) is 5.82 Å². The third kappa shape index (κ3) is 4.20. The van der Waals surface area contributed by atoms with Gasteiger partial charge in [0, 0.05) is 39.3 Å². The van der Waals surface area contributed by atoms with Gasteiger partial charge in [0.2, 0.25) is 5.95 Å². The number of anilines is 3. The van der Waals surface area contributed by atoms with Crippen LogP contribution in [0.15, 0.2) is 30.5 Å². The van der Waals surface area contributed by atoms with Gasteiger partial charge in [0.05, 0.1) is 11.9 Å². The van der Waals surface area contributed by atoms with E-state index in [1.54, 1.807) is 12.3 Å². The summed E-state index contributed by atoms with van der Waals surface area (Å²) in [6, 6.07) is 6.93. The van der Waals surface area contributed by atoms with Gasteiger partial charge in [0.25, 0.3) is 0 Å². The number of hydrogen-bond donors (Lipinski definition) is 0. The van der Waals surface area contributed by atoms with Gasteiger partial charge < -0.3 is 14.7 Å². The van der Waals surface area contributed by atoms with Crippen molar-refractivity contribution in [2.45, 2.75) is 26.7 Å². The molecular weight excluding hydrogens is 331 g/mol. The molecule has 0 aliphatic carbocycles. The Balaban J connectivity index is 1.68. The molecule has 6 nitrogen and oxygen atoms in total. The number of aromatic nitrogens is 3. The predicted octanol–water partition coefficient (Wildman–Crippen LogP) is 2.96. The molecule has 1 aromatic heterocycles. The Morgan fingerprint density at radius 1 is 1.00 bits per heavy atom. The zero-order valence-corrected chi connectivity index (χ0v) is 15.6. The van der Waals surface area contributed by atoms with E-state index < -0.39 is 0 Å². The van der Waals surface area contributed by atoms with Gasteiger partial charge in [-0.1, -0.05) is 26.0 Å². The number of hydrogen-bond acceptors (Lipinski definition) is 6. The smallest absolute Gasteiger partial charge is 0.247 e. The first-order chi connectivity index (χ1) is 12.7. The zero-order valence-electron chi connectivity index (χ0n) is 15.6. The van der Waals surface area contributed by atoms with Crippen LogP contribution in [0.4, 0.5) is 21.8 Å². The molecule has 0 spiro atoms. The fourth-order valence-corrected chi connectivity index (χ4v) is 3.31. The third-order valence-corrected chi connectivity index (χ3v) is 4.60. The fourth-order valence-electron chi connectivity index (χ4n) is 3.31. The molecule has 0 amide bonds. The van der Waals surface area contributed by atoms with E-state index >= 15 is 0 Å². The molecule has 0 atom stereocenters. The van der Waals surface area contributed by atoms with Crippen molar-refractivity contribution in [3.63, 3.8) is 0 Å². The maximum absolute atomic E-state index is 14.0. The Morgan fingerprint density at radius 3 is 2.31 bits per heavy atom. The van der Waals surface area contributed by atoms with Crippen LogP contribution in [0.5, 0.6) is 0 Å². The van der Waals surface area contributed by atoms with Crippen molar-refractivity contribution in [1.82, 2.24) is 15.2 Å². The molecule has 7 heteroatoms. The average Bonchev–Trinajstić information content (AvgIpc) is 2.68. The molecule has 2 aromatic rings. The van der Waals surface area contributed by atoms with Gasteiger partial charge in [-0.3, -0.25) is 0 Å². The summed E-state index contributed by atoms with van der Waals surface area (Å²) in [5.74, 6) is 1.37. The Bertz CT molecular complexity index is 696. The van der Waals surface area contributed by atoms with Gasteiger partial charge >= 0.3 is 0 Å². The van der Waals surface area contributed by atoms with Gasteiger partial charge in [-0.15, -0.1) is 5.10 Å². The SMILES string of the molecule is CCCN(CCC)c1cnnc(N2CCN(c3ccccc3F)CC2)n1. The predicted molar refractivity (Wildman–Crippen MR) is 103 cm³/mol. The minimum atomic E-state index is -0.171. The van der Waals surface area contributed by atoms with Crippen LogP contribution in [0.1, 0.15) is 26.7 Å². The number of para-hydroxylation sites is 1. The highest BCUT2D eigenvalue weighted by molar-refractivity contribution is 5.50. The van der Waals surface area contributed by atoms with E-state index in [0.717, 1.165) is 57.9 Å². The number of benzene rings is 1. The summed E-state index contributed by atoms with van der Waals surface area (Å²) >= 11 is 0. The van der Waals surface area contributed by atoms with E-state index in [0.29, 0.717) is 11.6 Å². The molecule has 1 aromatic carbocycles. The summed E-state index contributed by atoms with van der Waals surface area (Å²) in [7, 11) is 0.